The maximum absolute atomic E-state index is 12.8. The predicted molar refractivity (Wildman–Crippen MR) is 86.1 cm³/mol. The lowest BCUT2D eigenvalue weighted by Crippen LogP contribution is -2.45. The van der Waals surface area contributed by atoms with Gasteiger partial charge in [0.2, 0.25) is 0 Å². The van der Waals surface area contributed by atoms with Crippen LogP contribution in [0.5, 0.6) is 0 Å². The molecular weight excluding hydrogens is 292 g/mol. The summed E-state index contributed by atoms with van der Waals surface area (Å²) in [7, 11) is 1.85. The number of likely N-dealkylation sites (N-methyl/N-ethyl adjacent to an activating group) is 1. The number of aryl methyl sites for hydroxylation is 2. The minimum Gasteiger partial charge on any atom is -0.361 e. The first-order valence-corrected chi connectivity index (χ1v) is 8.41. The van der Waals surface area contributed by atoms with E-state index in [0.717, 1.165) is 49.8 Å². The van der Waals surface area contributed by atoms with Gasteiger partial charge in [0.25, 0.3) is 5.91 Å². The Labute approximate surface area is 136 Å². The van der Waals surface area contributed by atoms with Crippen LogP contribution in [0.15, 0.2) is 9.52 Å². The Morgan fingerprint density at radius 1 is 1.30 bits per heavy atom. The summed E-state index contributed by atoms with van der Waals surface area (Å²) in [6.45, 7) is 8.74. The van der Waals surface area contributed by atoms with E-state index in [1.807, 2.05) is 27.8 Å². The Kier molecular flexibility index (Phi) is 3.17. The molecule has 3 aliphatic rings. The SMILES string of the molecule is CC1=N[C@]2(CC[C@H]3CN(Cc4c(C)noc4C)C[C@H]32)C(=O)N1C. The van der Waals surface area contributed by atoms with Crippen LogP contribution in [0, 0.1) is 25.7 Å². The van der Waals surface area contributed by atoms with Crippen molar-refractivity contribution in [3.05, 3.63) is 17.0 Å². The van der Waals surface area contributed by atoms with E-state index in [1.54, 1.807) is 4.90 Å². The molecule has 2 aliphatic heterocycles. The van der Waals surface area contributed by atoms with E-state index in [4.69, 9.17) is 9.52 Å². The fourth-order valence-corrected chi connectivity index (χ4v) is 4.72. The second kappa shape index (κ2) is 4.90. The molecule has 6 nitrogen and oxygen atoms in total. The van der Waals surface area contributed by atoms with Crippen LogP contribution in [-0.2, 0) is 11.3 Å². The third kappa shape index (κ3) is 2.00. The van der Waals surface area contributed by atoms with Crippen molar-refractivity contribution < 1.29 is 9.32 Å². The van der Waals surface area contributed by atoms with E-state index in [-0.39, 0.29) is 5.91 Å². The Hall–Kier alpha value is -1.69. The summed E-state index contributed by atoms with van der Waals surface area (Å²) in [4.78, 5) is 21.8. The molecule has 4 rings (SSSR count). The van der Waals surface area contributed by atoms with Crippen LogP contribution in [0.4, 0.5) is 0 Å². The minimum absolute atomic E-state index is 0.196. The van der Waals surface area contributed by atoms with Gasteiger partial charge in [0, 0.05) is 38.2 Å². The number of carbonyl (C=O) groups is 1. The Morgan fingerprint density at radius 3 is 2.70 bits per heavy atom. The zero-order valence-electron chi connectivity index (χ0n) is 14.3. The summed E-state index contributed by atoms with van der Waals surface area (Å²) in [5.41, 5.74) is 1.67. The first-order valence-electron chi connectivity index (χ1n) is 8.41. The maximum atomic E-state index is 12.8. The molecule has 3 heterocycles. The number of amides is 1. The van der Waals surface area contributed by atoms with Crippen LogP contribution < -0.4 is 0 Å². The summed E-state index contributed by atoms with van der Waals surface area (Å²) >= 11 is 0. The van der Waals surface area contributed by atoms with Crippen LogP contribution in [-0.4, -0.2) is 52.4 Å². The van der Waals surface area contributed by atoms with Gasteiger partial charge in [0.05, 0.1) is 5.69 Å². The molecule has 23 heavy (non-hydrogen) atoms. The van der Waals surface area contributed by atoms with E-state index in [0.29, 0.717) is 11.8 Å². The van der Waals surface area contributed by atoms with Crippen molar-refractivity contribution in [2.45, 2.75) is 45.7 Å². The minimum atomic E-state index is -0.489. The number of aromatic nitrogens is 1. The highest BCUT2D eigenvalue weighted by Crippen LogP contribution is 2.50. The molecule has 1 spiro atoms. The second-order valence-corrected chi connectivity index (χ2v) is 7.35. The Balaban J connectivity index is 1.56. The monoisotopic (exact) mass is 316 g/mol. The topological polar surface area (TPSA) is 61.9 Å². The van der Waals surface area contributed by atoms with E-state index in [9.17, 15) is 4.79 Å². The molecule has 6 heteroatoms. The molecule has 0 N–H and O–H groups in total. The van der Waals surface area contributed by atoms with Crippen molar-refractivity contribution in [2.24, 2.45) is 16.8 Å². The van der Waals surface area contributed by atoms with Gasteiger partial charge < -0.3 is 9.42 Å². The van der Waals surface area contributed by atoms with Crippen LogP contribution in [0.2, 0.25) is 0 Å². The lowest BCUT2D eigenvalue weighted by Gasteiger charge is -2.27. The van der Waals surface area contributed by atoms with Gasteiger partial charge in [0.15, 0.2) is 0 Å². The van der Waals surface area contributed by atoms with Gasteiger partial charge in [-0.15, -0.1) is 0 Å². The number of aliphatic imine (C=N–C) groups is 1. The highest BCUT2D eigenvalue weighted by Gasteiger charge is 2.60. The number of hydrogen-bond donors (Lipinski definition) is 0. The molecule has 1 amide bonds. The van der Waals surface area contributed by atoms with Crippen molar-refractivity contribution in [3.63, 3.8) is 0 Å². The van der Waals surface area contributed by atoms with Gasteiger partial charge in [-0.1, -0.05) is 5.16 Å². The van der Waals surface area contributed by atoms with Gasteiger partial charge >= 0.3 is 0 Å². The number of carbonyl (C=O) groups excluding carboxylic acids is 1. The van der Waals surface area contributed by atoms with E-state index >= 15 is 0 Å². The lowest BCUT2D eigenvalue weighted by molar-refractivity contribution is -0.131. The largest absolute Gasteiger partial charge is 0.361 e. The van der Waals surface area contributed by atoms with Crippen molar-refractivity contribution in [1.29, 1.82) is 0 Å². The van der Waals surface area contributed by atoms with Crippen molar-refractivity contribution in [2.75, 3.05) is 20.1 Å². The van der Waals surface area contributed by atoms with Gasteiger partial charge in [-0.05, 0) is 39.5 Å². The smallest absolute Gasteiger partial charge is 0.255 e. The number of likely N-dealkylation sites (tertiary alicyclic amines) is 1. The maximum Gasteiger partial charge on any atom is 0.255 e. The van der Waals surface area contributed by atoms with Crippen molar-refractivity contribution in [3.8, 4) is 0 Å². The first-order chi connectivity index (χ1) is 10.9. The van der Waals surface area contributed by atoms with Crippen LogP contribution >= 0.6 is 0 Å². The van der Waals surface area contributed by atoms with Gasteiger partial charge in [-0.25, -0.2) is 0 Å². The van der Waals surface area contributed by atoms with Crippen molar-refractivity contribution in [1.82, 2.24) is 15.0 Å². The average Bonchev–Trinajstić information content (AvgIpc) is 3.21. The molecule has 2 fully saturated rings. The summed E-state index contributed by atoms with van der Waals surface area (Å²) in [6, 6.07) is 0. The molecule has 1 saturated heterocycles. The predicted octanol–water partition coefficient (Wildman–Crippen LogP) is 1.76. The quantitative estimate of drug-likeness (QED) is 0.834. The molecular formula is C17H24N4O2. The standard InChI is InChI=1S/C17H24N4O2/c1-10-14(11(2)23-19-10)8-21-7-13-5-6-17(15(13)9-21)16(22)20(4)12(3)18-17/h13,15H,5-9H2,1-4H3/t13-,15+,17-/m0/s1. The van der Waals surface area contributed by atoms with Gasteiger partial charge in [0.1, 0.15) is 17.1 Å². The number of rotatable bonds is 2. The lowest BCUT2D eigenvalue weighted by atomic mass is 9.85. The Bertz CT molecular complexity index is 675. The molecule has 124 valence electrons. The van der Waals surface area contributed by atoms with Crippen LogP contribution in [0.1, 0.15) is 36.8 Å². The third-order valence-corrected chi connectivity index (χ3v) is 6.11. The average molecular weight is 316 g/mol. The number of fused-ring (bicyclic) bond motifs is 2. The molecule has 3 atom stereocenters. The molecule has 0 unspecified atom stereocenters. The highest BCUT2D eigenvalue weighted by atomic mass is 16.5. The second-order valence-electron chi connectivity index (χ2n) is 7.35. The van der Waals surface area contributed by atoms with Crippen molar-refractivity contribution >= 4 is 11.7 Å². The number of hydrogen-bond acceptors (Lipinski definition) is 5. The molecule has 1 aliphatic carbocycles. The van der Waals surface area contributed by atoms with Gasteiger partial charge in [-0.3, -0.25) is 14.7 Å². The summed E-state index contributed by atoms with van der Waals surface area (Å²) in [5, 5.41) is 4.05. The van der Waals surface area contributed by atoms with E-state index < -0.39 is 5.54 Å². The zero-order chi connectivity index (χ0) is 16.4. The van der Waals surface area contributed by atoms with Gasteiger partial charge in [-0.2, -0.15) is 0 Å². The van der Waals surface area contributed by atoms with Crippen LogP contribution in [0.25, 0.3) is 0 Å². The normalized spacial score (nSPS) is 33.8. The van der Waals surface area contributed by atoms with E-state index in [1.165, 1.54) is 5.56 Å². The fraction of sp³-hybridized carbons (Fsp3) is 0.706. The zero-order valence-corrected chi connectivity index (χ0v) is 14.3. The molecule has 1 aromatic heterocycles. The Morgan fingerprint density at radius 2 is 2.09 bits per heavy atom. The molecule has 0 radical (unpaired) electrons. The number of amidine groups is 1. The van der Waals surface area contributed by atoms with E-state index in [2.05, 4.69) is 10.1 Å². The molecule has 0 aromatic carbocycles. The molecule has 1 aromatic rings. The van der Waals surface area contributed by atoms with Crippen LogP contribution in [0.3, 0.4) is 0 Å². The highest BCUT2D eigenvalue weighted by molar-refractivity contribution is 6.07. The fourth-order valence-electron chi connectivity index (χ4n) is 4.72. The molecule has 1 saturated carbocycles. The summed E-state index contributed by atoms with van der Waals surface area (Å²) < 4.78 is 5.28. The first kappa shape index (κ1) is 14.9. The number of nitrogens with zero attached hydrogens (tertiary/aromatic N) is 4. The summed E-state index contributed by atoms with van der Waals surface area (Å²) in [5.74, 6) is 2.87. The molecule has 0 bridgehead atoms. The summed E-state index contributed by atoms with van der Waals surface area (Å²) in [6.07, 6.45) is 2.00. The third-order valence-electron chi connectivity index (χ3n) is 6.11.